The molecule has 2 aromatic carbocycles. The highest BCUT2D eigenvalue weighted by molar-refractivity contribution is 6.30. The van der Waals surface area contributed by atoms with Gasteiger partial charge in [0.1, 0.15) is 5.82 Å². The maximum atomic E-state index is 11.7. The van der Waals surface area contributed by atoms with Gasteiger partial charge in [-0.2, -0.15) is 5.10 Å². The van der Waals surface area contributed by atoms with Gasteiger partial charge in [-0.15, -0.1) is 0 Å². The van der Waals surface area contributed by atoms with Crippen molar-refractivity contribution in [3.05, 3.63) is 70.9 Å². The van der Waals surface area contributed by atoms with Crippen LogP contribution in [0.3, 0.4) is 0 Å². The number of halogens is 1. The van der Waals surface area contributed by atoms with Crippen molar-refractivity contribution in [1.29, 1.82) is 0 Å². The van der Waals surface area contributed by atoms with Crippen molar-refractivity contribution in [2.45, 2.75) is 20.4 Å². The third-order valence-corrected chi connectivity index (χ3v) is 3.98. The Balaban J connectivity index is 2.05. The van der Waals surface area contributed by atoms with Crippen LogP contribution in [-0.2, 0) is 11.3 Å². The second-order valence-electron chi connectivity index (χ2n) is 5.64. The van der Waals surface area contributed by atoms with Crippen LogP contribution in [0.5, 0.6) is 0 Å². The highest BCUT2D eigenvalue weighted by Gasteiger charge is 2.18. The van der Waals surface area contributed by atoms with Gasteiger partial charge in [0.15, 0.2) is 0 Å². The first-order valence-corrected chi connectivity index (χ1v) is 8.07. The van der Waals surface area contributed by atoms with Gasteiger partial charge in [0, 0.05) is 17.5 Å². The molecule has 1 heterocycles. The molecule has 0 aliphatic heterocycles. The Kier molecular flexibility index (Phi) is 4.67. The Hall–Kier alpha value is -2.59. The molecule has 0 aliphatic rings. The lowest BCUT2D eigenvalue weighted by atomic mass is 10.1. The molecule has 0 fully saturated rings. The fourth-order valence-corrected chi connectivity index (χ4v) is 2.83. The van der Waals surface area contributed by atoms with Crippen LogP contribution in [0.25, 0.3) is 11.1 Å². The standard InChI is InChI=1S/C19H18ClN3O/c1-13-18(16-6-4-3-5-7-16)19(21-14(2)24)23(22-13)12-15-8-10-17(20)11-9-15/h3-11H,12H2,1-2H3,(H,21,24). The van der Waals surface area contributed by atoms with Gasteiger partial charge >= 0.3 is 0 Å². The summed E-state index contributed by atoms with van der Waals surface area (Å²) in [6, 6.07) is 17.6. The number of hydrogen-bond acceptors (Lipinski definition) is 2. The van der Waals surface area contributed by atoms with Gasteiger partial charge in [0.2, 0.25) is 5.91 Å². The smallest absolute Gasteiger partial charge is 0.222 e. The van der Waals surface area contributed by atoms with E-state index in [1.54, 1.807) is 0 Å². The SMILES string of the molecule is CC(=O)Nc1c(-c2ccccc2)c(C)nn1Cc1ccc(Cl)cc1. The number of carbonyl (C=O) groups is 1. The first-order valence-electron chi connectivity index (χ1n) is 7.69. The number of carbonyl (C=O) groups excluding carboxylic acids is 1. The van der Waals surface area contributed by atoms with Crippen molar-refractivity contribution < 1.29 is 4.79 Å². The predicted molar refractivity (Wildman–Crippen MR) is 97.3 cm³/mol. The van der Waals surface area contributed by atoms with Gasteiger partial charge in [0.25, 0.3) is 0 Å². The lowest BCUT2D eigenvalue weighted by Crippen LogP contribution is -2.13. The maximum Gasteiger partial charge on any atom is 0.222 e. The normalized spacial score (nSPS) is 10.6. The number of nitrogens with zero attached hydrogens (tertiary/aromatic N) is 2. The summed E-state index contributed by atoms with van der Waals surface area (Å²) < 4.78 is 1.82. The number of aryl methyl sites for hydroxylation is 1. The van der Waals surface area contributed by atoms with Gasteiger partial charge in [-0.05, 0) is 30.2 Å². The first-order chi connectivity index (χ1) is 11.5. The predicted octanol–water partition coefficient (Wildman–Crippen LogP) is 4.52. The Labute approximate surface area is 146 Å². The van der Waals surface area contributed by atoms with Crippen LogP contribution in [0.2, 0.25) is 5.02 Å². The highest BCUT2D eigenvalue weighted by atomic mass is 35.5. The quantitative estimate of drug-likeness (QED) is 0.759. The summed E-state index contributed by atoms with van der Waals surface area (Å²) in [6.07, 6.45) is 0. The third-order valence-electron chi connectivity index (χ3n) is 3.73. The third kappa shape index (κ3) is 3.49. The number of aromatic nitrogens is 2. The van der Waals surface area contributed by atoms with Crippen molar-refractivity contribution in [2.24, 2.45) is 0 Å². The minimum absolute atomic E-state index is 0.121. The lowest BCUT2D eigenvalue weighted by molar-refractivity contribution is -0.114. The minimum atomic E-state index is -0.121. The van der Waals surface area contributed by atoms with E-state index in [1.807, 2.05) is 66.2 Å². The van der Waals surface area contributed by atoms with Crippen molar-refractivity contribution in [3.8, 4) is 11.1 Å². The molecular formula is C19H18ClN3O. The zero-order chi connectivity index (χ0) is 17.1. The molecule has 1 N–H and O–H groups in total. The van der Waals surface area contributed by atoms with Gasteiger partial charge in [0.05, 0.1) is 12.2 Å². The van der Waals surface area contributed by atoms with Crippen LogP contribution in [-0.4, -0.2) is 15.7 Å². The van der Waals surface area contributed by atoms with Crippen molar-refractivity contribution >= 4 is 23.3 Å². The average Bonchev–Trinajstić information content (AvgIpc) is 2.85. The van der Waals surface area contributed by atoms with Crippen LogP contribution in [0.1, 0.15) is 18.2 Å². The number of anilines is 1. The molecule has 0 atom stereocenters. The van der Waals surface area contributed by atoms with E-state index in [0.29, 0.717) is 17.4 Å². The van der Waals surface area contributed by atoms with Gasteiger partial charge in [-0.3, -0.25) is 4.79 Å². The van der Waals surface area contributed by atoms with Crippen LogP contribution in [0, 0.1) is 6.92 Å². The molecule has 0 unspecified atom stereocenters. The number of hydrogen-bond donors (Lipinski definition) is 1. The molecular weight excluding hydrogens is 322 g/mol. The van der Waals surface area contributed by atoms with E-state index in [4.69, 9.17) is 11.6 Å². The Morgan fingerprint density at radius 1 is 1.12 bits per heavy atom. The van der Waals surface area contributed by atoms with E-state index in [-0.39, 0.29) is 5.91 Å². The highest BCUT2D eigenvalue weighted by Crippen LogP contribution is 2.32. The zero-order valence-electron chi connectivity index (χ0n) is 13.6. The molecule has 0 radical (unpaired) electrons. The molecule has 5 heteroatoms. The fraction of sp³-hybridized carbons (Fsp3) is 0.158. The zero-order valence-corrected chi connectivity index (χ0v) is 14.3. The second kappa shape index (κ2) is 6.89. The number of amides is 1. The monoisotopic (exact) mass is 339 g/mol. The molecule has 0 saturated heterocycles. The Bertz CT molecular complexity index is 854. The first kappa shape index (κ1) is 16.3. The molecule has 1 amide bonds. The van der Waals surface area contributed by atoms with Crippen LogP contribution >= 0.6 is 11.6 Å². The molecule has 0 saturated carbocycles. The summed E-state index contributed by atoms with van der Waals surface area (Å²) in [5.41, 5.74) is 3.91. The fourth-order valence-electron chi connectivity index (χ4n) is 2.70. The summed E-state index contributed by atoms with van der Waals surface area (Å²) in [4.78, 5) is 11.7. The van der Waals surface area contributed by atoms with E-state index in [2.05, 4.69) is 10.4 Å². The number of nitrogens with one attached hydrogen (secondary N) is 1. The van der Waals surface area contributed by atoms with Crippen LogP contribution < -0.4 is 5.32 Å². The largest absolute Gasteiger partial charge is 0.311 e. The van der Waals surface area contributed by atoms with Crippen LogP contribution in [0.4, 0.5) is 5.82 Å². The molecule has 0 spiro atoms. The van der Waals surface area contributed by atoms with Crippen molar-refractivity contribution in [1.82, 2.24) is 9.78 Å². The Morgan fingerprint density at radius 2 is 1.79 bits per heavy atom. The van der Waals surface area contributed by atoms with E-state index in [0.717, 1.165) is 22.4 Å². The minimum Gasteiger partial charge on any atom is -0.311 e. The average molecular weight is 340 g/mol. The summed E-state index contributed by atoms with van der Waals surface area (Å²) in [7, 11) is 0. The molecule has 0 bridgehead atoms. The van der Waals surface area contributed by atoms with Gasteiger partial charge in [-0.1, -0.05) is 54.1 Å². The van der Waals surface area contributed by atoms with E-state index in [1.165, 1.54) is 6.92 Å². The molecule has 4 nitrogen and oxygen atoms in total. The second-order valence-corrected chi connectivity index (χ2v) is 6.08. The maximum absolute atomic E-state index is 11.7. The summed E-state index contributed by atoms with van der Waals surface area (Å²) in [5.74, 6) is 0.589. The molecule has 122 valence electrons. The van der Waals surface area contributed by atoms with Crippen LogP contribution in [0.15, 0.2) is 54.6 Å². The van der Waals surface area contributed by atoms with E-state index in [9.17, 15) is 4.79 Å². The Morgan fingerprint density at radius 3 is 2.42 bits per heavy atom. The molecule has 3 aromatic rings. The van der Waals surface area contributed by atoms with E-state index < -0.39 is 0 Å². The molecule has 24 heavy (non-hydrogen) atoms. The van der Waals surface area contributed by atoms with E-state index >= 15 is 0 Å². The lowest BCUT2D eigenvalue weighted by Gasteiger charge is -2.10. The van der Waals surface area contributed by atoms with Gasteiger partial charge < -0.3 is 5.32 Å². The molecule has 1 aromatic heterocycles. The van der Waals surface area contributed by atoms with Crippen molar-refractivity contribution in [3.63, 3.8) is 0 Å². The van der Waals surface area contributed by atoms with Crippen molar-refractivity contribution in [2.75, 3.05) is 5.32 Å². The number of rotatable bonds is 4. The molecule has 0 aliphatic carbocycles. The summed E-state index contributed by atoms with van der Waals surface area (Å²) >= 11 is 5.94. The van der Waals surface area contributed by atoms with Gasteiger partial charge in [-0.25, -0.2) is 4.68 Å². The number of benzene rings is 2. The topological polar surface area (TPSA) is 46.9 Å². The summed E-state index contributed by atoms with van der Waals surface area (Å²) in [5, 5.41) is 8.25. The molecule has 3 rings (SSSR count). The summed E-state index contributed by atoms with van der Waals surface area (Å²) in [6.45, 7) is 4.01.